The van der Waals surface area contributed by atoms with Crippen molar-refractivity contribution >= 4 is 21.6 Å². The van der Waals surface area contributed by atoms with Gasteiger partial charge in [-0.05, 0) is 57.0 Å². The molecule has 1 aliphatic rings. The van der Waals surface area contributed by atoms with Crippen LogP contribution < -0.4 is 9.62 Å². The summed E-state index contributed by atoms with van der Waals surface area (Å²) in [5.41, 5.74) is 4.59. The van der Waals surface area contributed by atoms with Gasteiger partial charge in [0.25, 0.3) is 0 Å². The molecule has 0 bridgehead atoms. The van der Waals surface area contributed by atoms with Crippen molar-refractivity contribution in [1.29, 1.82) is 0 Å². The number of nitrogens with zero attached hydrogens (tertiary/aromatic N) is 3. The molecule has 0 fully saturated rings. The second-order valence-corrected chi connectivity index (χ2v) is 9.58. The SMILES string of the molecule is CNS(=O)(=O)c1ccc2c(c1)CCN2C(=O)Cc1c(C)nn(CC(C)C)c1C. The van der Waals surface area contributed by atoms with Crippen LogP contribution in [-0.2, 0) is 34.2 Å². The minimum absolute atomic E-state index is 0.0123. The average molecular weight is 405 g/mol. The van der Waals surface area contributed by atoms with Crippen molar-refractivity contribution in [3.63, 3.8) is 0 Å². The number of rotatable bonds is 6. The van der Waals surface area contributed by atoms with E-state index in [0.717, 1.165) is 34.7 Å². The lowest BCUT2D eigenvalue weighted by atomic mass is 10.1. The molecule has 1 aliphatic heterocycles. The number of carbonyl (C=O) groups excluding carboxylic acids is 1. The largest absolute Gasteiger partial charge is 0.312 e. The van der Waals surface area contributed by atoms with Gasteiger partial charge in [-0.2, -0.15) is 5.10 Å². The summed E-state index contributed by atoms with van der Waals surface area (Å²) in [6.07, 6.45) is 0.949. The number of fused-ring (bicyclic) bond motifs is 1. The summed E-state index contributed by atoms with van der Waals surface area (Å²) in [6.45, 7) is 9.64. The molecule has 1 N–H and O–H groups in total. The molecule has 1 amide bonds. The van der Waals surface area contributed by atoms with Crippen molar-refractivity contribution in [3.8, 4) is 0 Å². The number of benzene rings is 1. The Morgan fingerprint density at radius 3 is 2.64 bits per heavy atom. The van der Waals surface area contributed by atoms with Crippen LogP contribution in [0.25, 0.3) is 0 Å². The van der Waals surface area contributed by atoms with Gasteiger partial charge in [-0.25, -0.2) is 13.1 Å². The first-order chi connectivity index (χ1) is 13.1. The van der Waals surface area contributed by atoms with E-state index in [1.807, 2.05) is 18.5 Å². The molecule has 2 heterocycles. The van der Waals surface area contributed by atoms with Crippen LogP contribution in [0, 0.1) is 19.8 Å². The number of sulfonamides is 1. The van der Waals surface area contributed by atoms with Crippen molar-refractivity contribution in [2.75, 3.05) is 18.5 Å². The zero-order valence-electron chi connectivity index (χ0n) is 17.1. The van der Waals surface area contributed by atoms with E-state index >= 15 is 0 Å². The maximum absolute atomic E-state index is 13.0. The molecule has 0 saturated carbocycles. The molecule has 0 saturated heterocycles. The van der Waals surface area contributed by atoms with Gasteiger partial charge in [0, 0.05) is 30.0 Å². The first kappa shape index (κ1) is 20.5. The average Bonchev–Trinajstić information content (AvgIpc) is 3.17. The Balaban J connectivity index is 1.83. The maximum Gasteiger partial charge on any atom is 0.240 e. The normalized spacial score (nSPS) is 14.0. The molecule has 0 unspecified atom stereocenters. The molecule has 3 rings (SSSR count). The zero-order valence-corrected chi connectivity index (χ0v) is 17.9. The third-order valence-corrected chi connectivity index (χ3v) is 6.64. The van der Waals surface area contributed by atoms with E-state index in [-0.39, 0.29) is 10.8 Å². The van der Waals surface area contributed by atoms with Crippen LogP contribution in [0.5, 0.6) is 0 Å². The predicted octanol–water partition coefficient (Wildman–Crippen LogP) is 2.20. The highest BCUT2D eigenvalue weighted by molar-refractivity contribution is 7.89. The first-order valence-corrected chi connectivity index (χ1v) is 11.0. The number of hydrogen-bond acceptors (Lipinski definition) is 4. The third-order valence-electron chi connectivity index (χ3n) is 5.22. The van der Waals surface area contributed by atoms with Gasteiger partial charge < -0.3 is 4.90 Å². The minimum Gasteiger partial charge on any atom is -0.312 e. The Labute approximate surface area is 166 Å². The molecule has 8 heteroatoms. The van der Waals surface area contributed by atoms with E-state index in [1.165, 1.54) is 7.05 Å². The van der Waals surface area contributed by atoms with Crippen LogP contribution in [-0.4, -0.2) is 37.7 Å². The topological polar surface area (TPSA) is 84.3 Å². The molecule has 2 aromatic rings. The lowest BCUT2D eigenvalue weighted by molar-refractivity contribution is -0.117. The van der Waals surface area contributed by atoms with Crippen LogP contribution in [0.15, 0.2) is 23.1 Å². The molecule has 152 valence electrons. The minimum atomic E-state index is -3.49. The van der Waals surface area contributed by atoms with Gasteiger partial charge >= 0.3 is 0 Å². The summed E-state index contributed by atoms with van der Waals surface area (Å²) < 4.78 is 28.3. The number of nitrogens with one attached hydrogen (secondary N) is 1. The molecule has 0 radical (unpaired) electrons. The highest BCUT2D eigenvalue weighted by Crippen LogP contribution is 2.31. The highest BCUT2D eigenvalue weighted by atomic mass is 32.2. The van der Waals surface area contributed by atoms with Crippen molar-refractivity contribution in [1.82, 2.24) is 14.5 Å². The fraction of sp³-hybridized carbons (Fsp3) is 0.500. The molecule has 1 aromatic heterocycles. The Morgan fingerprint density at radius 1 is 1.29 bits per heavy atom. The molecule has 0 aliphatic carbocycles. The Bertz CT molecular complexity index is 1010. The van der Waals surface area contributed by atoms with E-state index in [0.29, 0.717) is 25.3 Å². The number of aromatic nitrogens is 2. The Kier molecular flexibility index (Phi) is 5.63. The quantitative estimate of drug-likeness (QED) is 0.800. The van der Waals surface area contributed by atoms with E-state index in [1.54, 1.807) is 23.1 Å². The summed E-state index contributed by atoms with van der Waals surface area (Å²) in [5, 5.41) is 4.59. The van der Waals surface area contributed by atoms with Crippen molar-refractivity contribution in [2.24, 2.45) is 5.92 Å². The lowest BCUT2D eigenvalue weighted by Gasteiger charge is -2.18. The number of anilines is 1. The molecular formula is C20H28N4O3S. The molecular weight excluding hydrogens is 376 g/mol. The molecule has 1 aromatic carbocycles. The maximum atomic E-state index is 13.0. The fourth-order valence-corrected chi connectivity index (χ4v) is 4.46. The fourth-order valence-electron chi connectivity index (χ4n) is 3.68. The summed E-state index contributed by atoms with van der Waals surface area (Å²) in [6, 6.07) is 4.94. The van der Waals surface area contributed by atoms with Gasteiger partial charge in [-0.15, -0.1) is 0 Å². The zero-order chi connectivity index (χ0) is 20.6. The number of hydrogen-bond donors (Lipinski definition) is 1. The van der Waals surface area contributed by atoms with E-state index in [9.17, 15) is 13.2 Å². The predicted molar refractivity (Wildman–Crippen MR) is 109 cm³/mol. The van der Waals surface area contributed by atoms with Gasteiger partial charge in [0.05, 0.1) is 17.0 Å². The van der Waals surface area contributed by atoms with Gasteiger partial charge in [-0.3, -0.25) is 9.48 Å². The third kappa shape index (κ3) is 3.84. The number of carbonyl (C=O) groups is 1. The monoisotopic (exact) mass is 404 g/mol. The van der Waals surface area contributed by atoms with Crippen molar-refractivity contribution in [2.45, 2.75) is 52.0 Å². The van der Waals surface area contributed by atoms with Crippen LogP contribution >= 0.6 is 0 Å². The van der Waals surface area contributed by atoms with Crippen LogP contribution in [0.3, 0.4) is 0 Å². The van der Waals surface area contributed by atoms with Crippen molar-refractivity contribution < 1.29 is 13.2 Å². The molecule has 7 nitrogen and oxygen atoms in total. The molecule has 0 spiro atoms. The standard InChI is InChI=1S/C20H28N4O3S/c1-13(2)12-24-15(4)18(14(3)22-24)11-20(25)23-9-8-16-10-17(6-7-19(16)23)28(26,27)21-5/h6-7,10,13,21H,8-9,11-12H2,1-5H3. The molecule has 0 atom stereocenters. The van der Waals surface area contributed by atoms with E-state index in [4.69, 9.17) is 0 Å². The van der Waals surface area contributed by atoms with Gasteiger partial charge in [0.15, 0.2) is 0 Å². The lowest BCUT2D eigenvalue weighted by Crippen LogP contribution is -2.30. The second-order valence-electron chi connectivity index (χ2n) is 7.70. The first-order valence-electron chi connectivity index (χ1n) is 9.53. The summed E-state index contributed by atoms with van der Waals surface area (Å²) >= 11 is 0. The second kappa shape index (κ2) is 7.67. The van der Waals surface area contributed by atoms with Crippen molar-refractivity contribution in [3.05, 3.63) is 40.7 Å². The Morgan fingerprint density at radius 2 is 2.00 bits per heavy atom. The van der Waals surface area contributed by atoms with Gasteiger partial charge in [-0.1, -0.05) is 13.8 Å². The van der Waals surface area contributed by atoms with Gasteiger partial charge in [0.1, 0.15) is 0 Å². The van der Waals surface area contributed by atoms with Crippen LogP contribution in [0.1, 0.15) is 36.4 Å². The van der Waals surface area contributed by atoms with Crippen LogP contribution in [0.4, 0.5) is 5.69 Å². The van der Waals surface area contributed by atoms with E-state index < -0.39 is 10.0 Å². The number of amides is 1. The number of aryl methyl sites for hydroxylation is 1. The van der Waals surface area contributed by atoms with E-state index in [2.05, 4.69) is 23.7 Å². The smallest absolute Gasteiger partial charge is 0.240 e. The highest BCUT2D eigenvalue weighted by Gasteiger charge is 2.27. The van der Waals surface area contributed by atoms with Gasteiger partial charge in [0.2, 0.25) is 15.9 Å². The summed E-state index contributed by atoms with van der Waals surface area (Å²) in [5.74, 6) is 0.494. The molecule has 28 heavy (non-hydrogen) atoms. The Hall–Kier alpha value is -2.19. The summed E-state index contributed by atoms with van der Waals surface area (Å²) in [7, 11) is -2.10. The summed E-state index contributed by atoms with van der Waals surface area (Å²) in [4.78, 5) is 15.0. The van der Waals surface area contributed by atoms with Crippen LogP contribution in [0.2, 0.25) is 0 Å².